The molecule has 27 heavy (non-hydrogen) atoms. The number of anilines is 2. The minimum absolute atomic E-state index is 0.750. The first-order valence-electron chi connectivity index (χ1n) is 8.47. The van der Waals surface area contributed by atoms with E-state index in [-0.39, 0.29) is 0 Å². The number of aromatic nitrogens is 1. The average Bonchev–Trinajstić information content (AvgIpc) is 3.13. The monoisotopic (exact) mass is 406 g/mol. The standard InChI is InChI=1S/C21H14N2OS3/c25-21(26-13-20-22-14-7-1-6-12-19(14)27-20)23-15-8-2-4-10-17(15)24-18-11-5-3-9-16(18)23/h1-12H,13H2. The van der Waals surface area contributed by atoms with Crippen molar-refractivity contribution < 1.29 is 4.74 Å². The zero-order valence-corrected chi connectivity index (χ0v) is 16.6. The Hall–Kier alpha value is -2.41. The Labute approximate surface area is 170 Å². The SMILES string of the molecule is S=C(SCc1nc2ccccc2s1)N1c2ccccc2Oc2ccccc21. The van der Waals surface area contributed by atoms with Crippen LogP contribution in [0.3, 0.4) is 0 Å². The lowest BCUT2D eigenvalue weighted by molar-refractivity contribution is 0.478. The van der Waals surface area contributed by atoms with Crippen molar-refractivity contribution in [2.24, 2.45) is 0 Å². The lowest BCUT2D eigenvalue weighted by atomic mass is 10.2. The molecule has 1 aliphatic rings. The molecular weight excluding hydrogens is 392 g/mol. The van der Waals surface area contributed by atoms with Crippen molar-refractivity contribution in [3.63, 3.8) is 0 Å². The third kappa shape index (κ3) is 3.10. The minimum Gasteiger partial charge on any atom is -0.453 e. The predicted octanol–water partition coefficient (Wildman–Crippen LogP) is 6.76. The van der Waals surface area contributed by atoms with Gasteiger partial charge in [0.2, 0.25) is 0 Å². The Morgan fingerprint density at radius 1 is 0.926 bits per heavy atom. The molecule has 5 rings (SSSR count). The molecule has 0 saturated heterocycles. The highest BCUT2D eigenvalue weighted by Crippen LogP contribution is 2.47. The van der Waals surface area contributed by atoms with Crippen molar-refractivity contribution in [3.05, 3.63) is 77.8 Å². The van der Waals surface area contributed by atoms with Crippen LogP contribution >= 0.6 is 35.3 Å². The van der Waals surface area contributed by atoms with Gasteiger partial charge in [-0.15, -0.1) is 11.3 Å². The largest absolute Gasteiger partial charge is 0.453 e. The molecule has 3 nitrogen and oxygen atoms in total. The van der Waals surface area contributed by atoms with Crippen LogP contribution in [0.4, 0.5) is 11.4 Å². The maximum Gasteiger partial charge on any atom is 0.151 e. The Kier molecular flexibility index (Phi) is 4.32. The quantitative estimate of drug-likeness (QED) is 0.343. The molecule has 0 spiro atoms. The number of thiazole rings is 1. The highest BCUT2D eigenvalue weighted by molar-refractivity contribution is 8.22. The van der Waals surface area contributed by atoms with Crippen LogP contribution in [0.15, 0.2) is 72.8 Å². The first-order valence-corrected chi connectivity index (χ1v) is 10.7. The molecule has 0 bridgehead atoms. The van der Waals surface area contributed by atoms with Crippen LogP contribution in [0.1, 0.15) is 5.01 Å². The summed E-state index contributed by atoms with van der Waals surface area (Å²) in [4.78, 5) is 6.81. The summed E-state index contributed by atoms with van der Waals surface area (Å²) in [7, 11) is 0. The zero-order valence-electron chi connectivity index (χ0n) is 14.2. The van der Waals surface area contributed by atoms with Gasteiger partial charge in [0.15, 0.2) is 11.5 Å². The maximum atomic E-state index is 6.04. The van der Waals surface area contributed by atoms with Crippen LogP contribution in [0, 0.1) is 0 Å². The molecule has 0 N–H and O–H groups in total. The van der Waals surface area contributed by atoms with Crippen LogP contribution in [-0.2, 0) is 5.75 Å². The number of hydrogen-bond acceptors (Lipinski definition) is 5. The van der Waals surface area contributed by atoms with E-state index in [1.54, 1.807) is 23.1 Å². The number of ether oxygens (including phenoxy) is 1. The molecule has 6 heteroatoms. The number of thiocarbonyl (C=S) groups is 1. The Balaban J connectivity index is 1.44. The first kappa shape index (κ1) is 16.7. The molecule has 0 saturated carbocycles. The second-order valence-corrected chi connectivity index (χ2v) is 8.73. The van der Waals surface area contributed by atoms with Gasteiger partial charge in [-0.05, 0) is 36.4 Å². The second kappa shape index (κ2) is 6.96. The van der Waals surface area contributed by atoms with Crippen molar-refractivity contribution in [3.8, 4) is 11.5 Å². The van der Waals surface area contributed by atoms with Crippen molar-refractivity contribution in [1.29, 1.82) is 0 Å². The lowest BCUT2D eigenvalue weighted by Crippen LogP contribution is -2.24. The van der Waals surface area contributed by atoms with Crippen molar-refractivity contribution in [1.82, 2.24) is 4.98 Å². The molecule has 2 heterocycles. The van der Waals surface area contributed by atoms with Crippen LogP contribution < -0.4 is 9.64 Å². The Bertz CT molecular complexity index is 1080. The van der Waals surface area contributed by atoms with Gasteiger partial charge in [0.25, 0.3) is 0 Å². The predicted molar refractivity (Wildman–Crippen MR) is 119 cm³/mol. The van der Waals surface area contributed by atoms with E-state index >= 15 is 0 Å². The fourth-order valence-electron chi connectivity index (χ4n) is 3.07. The summed E-state index contributed by atoms with van der Waals surface area (Å²) in [5.74, 6) is 2.39. The molecule has 0 unspecified atom stereocenters. The van der Waals surface area contributed by atoms with Gasteiger partial charge >= 0.3 is 0 Å². The molecule has 0 atom stereocenters. The van der Waals surface area contributed by atoms with Gasteiger partial charge in [-0.3, -0.25) is 4.90 Å². The Morgan fingerprint density at radius 2 is 1.56 bits per heavy atom. The van der Waals surface area contributed by atoms with Gasteiger partial charge in [0, 0.05) is 0 Å². The lowest BCUT2D eigenvalue weighted by Gasteiger charge is -2.32. The third-order valence-corrected chi connectivity index (χ3v) is 6.87. The summed E-state index contributed by atoms with van der Waals surface area (Å²) in [6.45, 7) is 0. The number of para-hydroxylation sites is 5. The number of nitrogens with zero attached hydrogens (tertiary/aromatic N) is 2. The highest BCUT2D eigenvalue weighted by Gasteiger charge is 2.27. The van der Waals surface area contributed by atoms with Crippen molar-refractivity contribution >= 4 is 61.2 Å². The highest BCUT2D eigenvalue weighted by atomic mass is 32.2. The maximum absolute atomic E-state index is 6.04. The van der Waals surface area contributed by atoms with Crippen LogP contribution in [0.2, 0.25) is 0 Å². The van der Waals surface area contributed by atoms with Crippen LogP contribution in [0.5, 0.6) is 11.5 Å². The summed E-state index contributed by atoms with van der Waals surface area (Å²) in [6.07, 6.45) is 0. The molecule has 0 fully saturated rings. The van der Waals surface area contributed by atoms with Crippen LogP contribution in [0.25, 0.3) is 10.2 Å². The number of fused-ring (bicyclic) bond motifs is 3. The number of thioether (sulfide) groups is 1. The first-order chi connectivity index (χ1) is 13.3. The van der Waals surface area contributed by atoms with Crippen molar-refractivity contribution in [2.75, 3.05) is 4.90 Å². The van der Waals surface area contributed by atoms with E-state index in [2.05, 4.69) is 11.0 Å². The van der Waals surface area contributed by atoms with Gasteiger partial charge in [-0.1, -0.05) is 60.4 Å². The average molecular weight is 407 g/mol. The van der Waals surface area contributed by atoms with Crippen LogP contribution in [-0.4, -0.2) is 9.30 Å². The van der Waals surface area contributed by atoms with E-state index in [0.29, 0.717) is 0 Å². The van der Waals surface area contributed by atoms with E-state index in [1.165, 1.54) is 4.70 Å². The van der Waals surface area contributed by atoms with E-state index in [4.69, 9.17) is 21.9 Å². The molecule has 0 radical (unpaired) electrons. The number of benzene rings is 3. The summed E-state index contributed by atoms with van der Waals surface area (Å²) in [5.41, 5.74) is 2.99. The summed E-state index contributed by atoms with van der Waals surface area (Å²) < 4.78 is 8.04. The fourth-order valence-corrected chi connectivity index (χ4v) is 5.26. The topological polar surface area (TPSA) is 25.4 Å². The summed E-state index contributed by atoms with van der Waals surface area (Å²) in [5, 5.41) is 1.08. The van der Waals surface area contributed by atoms with Gasteiger partial charge in [-0.25, -0.2) is 4.98 Å². The molecular formula is C21H14N2OS3. The Morgan fingerprint density at radius 3 is 2.26 bits per heavy atom. The summed E-state index contributed by atoms with van der Waals surface area (Å²) >= 11 is 9.17. The number of hydrogen-bond donors (Lipinski definition) is 0. The molecule has 4 aromatic rings. The summed E-state index contributed by atoms with van der Waals surface area (Å²) in [6, 6.07) is 24.2. The van der Waals surface area contributed by atoms with Gasteiger partial charge < -0.3 is 4.74 Å². The normalized spacial score (nSPS) is 12.4. The van der Waals surface area contributed by atoms with Crippen molar-refractivity contribution in [2.45, 2.75) is 5.75 Å². The van der Waals surface area contributed by atoms with Gasteiger partial charge in [0.1, 0.15) is 9.33 Å². The van der Waals surface area contributed by atoms with E-state index in [9.17, 15) is 0 Å². The fraction of sp³-hybridized carbons (Fsp3) is 0.0476. The second-order valence-electron chi connectivity index (χ2n) is 6.00. The van der Waals surface area contributed by atoms with E-state index in [0.717, 1.165) is 43.5 Å². The zero-order chi connectivity index (χ0) is 18.2. The molecule has 1 aromatic heterocycles. The smallest absolute Gasteiger partial charge is 0.151 e. The minimum atomic E-state index is 0.750. The van der Waals surface area contributed by atoms with Gasteiger partial charge in [-0.2, -0.15) is 0 Å². The molecule has 1 aliphatic heterocycles. The van der Waals surface area contributed by atoms with Gasteiger partial charge in [0.05, 0.1) is 27.3 Å². The molecule has 132 valence electrons. The van der Waals surface area contributed by atoms with E-state index in [1.807, 2.05) is 66.7 Å². The molecule has 3 aromatic carbocycles. The van der Waals surface area contributed by atoms with E-state index < -0.39 is 0 Å². The number of rotatable bonds is 2. The third-order valence-electron chi connectivity index (χ3n) is 4.27. The molecule has 0 aliphatic carbocycles. The molecule has 0 amide bonds.